The summed E-state index contributed by atoms with van der Waals surface area (Å²) in [4.78, 5) is 34.5. The molecule has 2 aromatic heterocycles. The van der Waals surface area contributed by atoms with Crippen molar-refractivity contribution in [2.75, 3.05) is 50.0 Å². The molecule has 1 aromatic carbocycles. The molecule has 11 nitrogen and oxygen atoms in total. The fraction of sp³-hybridized carbons (Fsp3) is 0.444. The summed E-state index contributed by atoms with van der Waals surface area (Å²) in [7, 11) is 0. The molecule has 1 saturated heterocycles. The van der Waals surface area contributed by atoms with E-state index in [4.69, 9.17) is 16.2 Å². The fourth-order valence-electron chi connectivity index (χ4n) is 5.10. The normalized spacial score (nSPS) is 20.1. The van der Waals surface area contributed by atoms with Crippen molar-refractivity contribution in [2.45, 2.75) is 37.8 Å². The average Bonchev–Trinajstić information content (AvgIpc) is 3.36. The van der Waals surface area contributed by atoms with Gasteiger partial charge in [0.25, 0.3) is 11.8 Å². The molecular formula is C27H35FN8O3. The van der Waals surface area contributed by atoms with Gasteiger partial charge in [0, 0.05) is 54.9 Å². The molecule has 3 aromatic rings. The summed E-state index contributed by atoms with van der Waals surface area (Å²) in [5.41, 5.74) is 13.5. The summed E-state index contributed by atoms with van der Waals surface area (Å²) in [6, 6.07) is 8.04. The minimum Gasteiger partial charge on any atom is -0.379 e. The predicted molar refractivity (Wildman–Crippen MR) is 148 cm³/mol. The number of H-pyrrole nitrogens is 1. The first-order valence-electron chi connectivity index (χ1n) is 13.4. The van der Waals surface area contributed by atoms with Crippen LogP contribution < -0.4 is 27.4 Å². The standard InChI is InChI=1S/C27H35FN8O3/c28-19-15-18(24(30)37)25(35-26(19)34-22-4-2-1-3-20(22)29)32-17-5-6-21-16(13-17)14-23(33-21)27(38)31-7-8-36-9-11-39-12-10-36/h5-6,13-15,20,22,33H,1-4,7-12,29H2,(H2,30,37)(H,31,38)(H2,32,34,35)/t20-,22?/m0/s1. The Morgan fingerprint density at radius 1 is 1.13 bits per heavy atom. The van der Waals surface area contributed by atoms with E-state index < -0.39 is 11.7 Å². The number of anilines is 3. The number of primary amides is 1. The maximum atomic E-state index is 14.8. The lowest BCUT2D eigenvalue weighted by Gasteiger charge is -2.30. The van der Waals surface area contributed by atoms with Gasteiger partial charge in [-0.3, -0.25) is 14.5 Å². The molecule has 0 spiro atoms. The van der Waals surface area contributed by atoms with Crippen molar-refractivity contribution < 1.29 is 18.7 Å². The lowest BCUT2D eigenvalue weighted by atomic mass is 9.91. The summed E-state index contributed by atoms with van der Waals surface area (Å²) in [6.07, 6.45) is 3.72. The van der Waals surface area contributed by atoms with Crippen molar-refractivity contribution in [3.05, 3.63) is 47.4 Å². The second-order valence-corrected chi connectivity index (χ2v) is 10.1. The van der Waals surface area contributed by atoms with Gasteiger partial charge in [-0.1, -0.05) is 12.8 Å². The number of ether oxygens (including phenoxy) is 1. The van der Waals surface area contributed by atoms with Gasteiger partial charge >= 0.3 is 0 Å². The van der Waals surface area contributed by atoms with Crippen LogP contribution in [0.1, 0.15) is 46.5 Å². The van der Waals surface area contributed by atoms with Gasteiger partial charge in [0.05, 0.1) is 18.8 Å². The predicted octanol–water partition coefficient (Wildman–Crippen LogP) is 2.29. The number of aromatic nitrogens is 2. The summed E-state index contributed by atoms with van der Waals surface area (Å²) < 4.78 is 20.2. The minimum atomic E-state index is -0.802. The number of nitrogens with zero attached hydrogens (tertiary/aromatic N) is 2. The molecule has 1 aliphatic heterocycles. The second-order valence-electron chi connectivity index (χ2n) is 10.1. The van der Waals surface area contributed by atoms with Crippen LogP contribution in [0.4, 0.5) is 21.7 Å². The Hall–Kier alpha value is -3.74. The zero-order valence-corrected chi connectivity index (χ0v) is 21.8. The molecule has 2 amide bonds. The molecule has 39 heavy (non-hydrogen) atoms. The number of pyridine rings is 1. The number of morpholine rings is 1. The van der Waals surface area contributed by atoms with Gasteiger partial charge in [-0.15, -0.1) is 0 Å². The highest BCUT2D eigenvalue weighted by atomic mass is 19.1. The average molecular weight is 539 g/mol. The van der Waals surface area contributed by atoms with Crippen LogP contribution in [0.3, 0.4) is 0 Å². The van der Waals surface area contributed by atoms with E-state index >= 15 is 0 Å². The van der Waals surface area contributed by atoms with Crippen molar-refractivity contribution in [2.24, 2.45) is 11.5 Å². The highest BCUT2D eigenvalue weighted by molar-refractivity contribution is 6.00. The molecule has 8 N–H and O–H groups in total. The molecule has 0 bridgehead atoms. The first-order valence-corrected chi connectivity index (χ1v) is 13.4. The van der Waals surface area contributed by atoms with Crippen molar-refractivity contribution in [3.8, 4) is 0 Å². The van der Waals surface area contributed by atoms with E-state index in [0.717, 1.165) is 62.3 Å². The summed E-state index contributed by atoms with van der Waals surface area (Å²) in [5, 5.41) is 9.94. The van der Waals surface area contributed by atoms with Crippen LogP contribution in [-0.4, -0.2) is 78.2 Å². The number of nitrogens with two attached hydrogens (primary N) is 2. The third kappa shape index (κ3) is 6.47. The van der Waals surface area contributed by atoms with Crippen LogP contribution >= 0.6 is 0 Å². The SMILES string of the molecule is NC(=O)c1cc(F)c(NC2CCCC[C@@H]2N)nc1Nc1ccc2[nH]c(C(=O)NCCN3CCOCC3)cc2c1. The molecule has 5 rings (SSSR count). The van der Waals surface area contributed by atoms with Crippen molar-refractivity contribution >= 4 is 40.0 Å². The molecule has 2 aliphatic rings. The molecular weight excluding hydrogens is 503 g/mol. The topological polar surface area (TPSA) is 163 Å². The zero-order valence-electron chi connectivity index (χ0n) is 21.8. The van der Waals surface area contributed by atoms with E-state index in [9.17, 15) is 14.0 Å². The molecule has 1 aliphatic carbocycles. The zero-order chi connectivity index (χ0) is 27.4. The quantitative estimate of drug-likeness (QED) is 0.242. The van der Waals surface area contributed by atoms with E-state index in [2.05, 4.69) is 30.8 Å². The van der Waals surface area contributed by atoms with Gasteiger partial charge in [-0.2, -0.15) is 0 Å². The van der Waals surface area contributed by atoms with Crippen molar-refractivity contribution in [1.82, 2.24) is 20.2 Å². The van der Waals surface area contributed by atoms with Crippen molar-refractivity contribution in [1.29, 1.82) is 0 Å². The van der Waals surface area contributed by atoms with Crippen LogP contribution in [0.25, 0.3) is 10.9 Å². The Bertz CT molecular complexity index is 1340. The largest absolute Gasteiger partial charge is 0.379 e. The van der Waals surface area contributed by atoms with Crippen LogP contribution in [-0.2, 0) is 4.74 Å². The smallest absolute Gasteiger partial charge is 0.267 e. The number of nitrogens with one attached hydrogen (secondary N) is 4. The molecule has 1 saturated carbocycles. The number of hydrogen-bond acceptors (Lipinski definition) is 8. The molecule has 208 valence electrons. The first kappa shape index (κ1) is 26.9. The molecule has 12 heteroatoms. The second kappa shape index (κ2) is 12.0. The highest BCUT2D eigenvalue weighted by Crippen LogP contribution is 2.28. The lowest BCUT2D eigenvalue weighted by molar-refractivity contribution is 0.0383. The molecule has 2 fully saturated rings. The van der Waals surface area contributed by atoms with Crippen LogP contribution in [0.15, 0.2) is 30.3 Å². The fourth-order valence-corrected chi connectivity index (χ4v) is 5.10. The van der Waals surface area contributed by atoms with E-state index in [1.165, 1.54) is 0 Å². The maximum absolute atomic E-state index is 14.8. The Balaban J connectivity index is 1.30. The molecule has 3 heterocycles. The Morgan fingerprint density at radius 3 is 2.69 bits per heavy atom. The van der Waals surface area contributed by atoms with E-state index in [1.807, 2.05) is 12.1 Å². The van der Waals surface area contributed by atoms with Gasteiger partial charge in [0.2, 0.25) is 0 Å². The number of halogens is 1. The number of aromatic amines is 1. The molecule has 0 radical (unpaired) electrons. The molecule has 2 atom stereocenters. The third-order valence-electron chi connectivity index (χ3n) is 7.33. The number of carbonyl (C=O) groups excluding carboxylic acids is 2. The number of rotatable bonds is 9. The van der Waals surface area contributed by atoms with Crippen molar-refractivity contribution in [3.63, 3.8) is 0 Å². The van der Waals surface area contributed by atoms with Crippen LogP contribution in [0, 0.1) is 5.82 Å². The van der Waals surface area contributed by atoms with Gasteiger partial charge in [-0.25, -0.2) is 9.37 Å². The number of hydrogen-bond donors (Lipinski definition) is 6. The summed E-state index contributed by atoms with van der Waals surface area (Å²) >= 11 is 0. The Morgan fingerprint density at radius 2 is 1.92 bits per heavy atom. The Labute approximate surface area is 225 Å². The van der Waals surface area contributed by atoms with Gasteiger partial charge in [-0.05, 0) is 43.2 Å². The number of fused-ring (bicyclic) bond motifs is 1. The highest BCUT2D eigenvalue weighted by Gasteiger charge is 2.24. The van der Waals surface area contributed by atoms with Crippen LogP contribution in [0.5, 0.6) is 0 Å². The van der Waals surface area contributed by atoms with E-state index in [0.29, 0.717) is 31.1 Å². The summed E-state index contributed by atoms with van der Waals surface area (Å²) in [5.74, 6) is -1.52. The van der Waals surface area contributed by atoms with E-state index in [1.54, 1.807) is 12.1 Å². The maximum Gasteiger partial charge on any atom is 0.267 e. The lowest BCUT2D eigenvalue weighted by Crippen LogP contribution is -2.43. The van der Waals surface area contributed by atoms with Gasteiger partial charge in [0.1, 0.15) is 11.5 Å². The first-order chi connectivity index (χ1) is 18.9. The number of benzene rings is 1. The van der Waals surface area contributed by atoms with Gasteiger partial charge in [0.15, 0.2) is 11.6 Å². The van der Waals surface area contributed by atoms with Gasteiger partial charge < -0.3 is 37.1 Å². The monoisotopic (exact) mass is 538 g/mol. The molecule has 1 unspecified atom stereocenters. The minimum absolute atomic E-state index is 0.0172. The number of amides is 2. The third-order valence-corrected chi connectivity index (χ3v) is 7.33. The Kier molecular flexibility index (Phi) is 8.24. The summed E-state index contributed by atoms with van der Waals surface area (Å²) in [6.45, 7) is 4.46. The van der Waals surface area contributed by atoms with E-state index in [-0.39, 0.29) is 35.2 Å². The number of carbonyl (C=O) groups is 2. The van der Waals surface area contributed by atoms with Crippen LogP contribution in [0.2, 0.25) is 0 Å².